The highest BCUT2D eigenvalue weighted by atomic mass is 19.1. The molecule has 2 atom stereocenters. The summed E-state index contributed by atoms with van der Waals surface area (Å²) in [5.41, 5.74) is 0. The molecule has 0 spiro atoms. The second-order valence-electron chi connectivity index (χ2n) is 5.47. The molecule has 1 amide bonds. The fraction of sp³-hybridized carbons (Fsp3) is 0.500. The Kier molecular flexibility index (Phi) is 5.35. The van der Waals surface area contributed by atoms with Crippen molar-refractivity contribution >= 4 is 11.9 Å². The maximum absolute atomic E-state index is 12.7. The van der Waals surface area contributed by atoms with Crippen LogP contribution in [0.5, 0.6) is 5.75 Å². The van der Waals surface area contributed by atoms with Crippen LogP contribution < -0.4 is 4.74 Å². The number of carbonyl (C=O) groups excluding carboxylic acids is 1. The van der Waals surface area contributed by atoms with Gasteiger partial charge in [0.15, 0.2) is 0 Å². The summed E-state index contributed by atoms with van der Waals surface area (Å²) in [7, 11) is 0. The van der Waals surface area contributed by atoms with Crippen LogP contribution in [0.4, 0.5) is 4.39 Å². The molecule has 1 aromatic carbocycles. The summed E-state index contributed by atoms with van der Waals surface area (Å²) in [6.07, 6.45) is 1.36. The minimum atomic E-state index is -0.845. The normalized spacial score (nSPS) is 20.9. The maximum atomic E-state index is 12.7. The lowest BCUT2D eigenvalue weighted by Gasteiger charge is -2.23. The van der Waals surface area contributed by atoms with Crippen LogP contribution in [0.2, 0.25) is 0 Å². The molecule has 1 heterocycles. The standard InChI is InChI=1S/C16H20FNO4/c1-11-14(16(20)21)8-9-18(11)15(19)3-2-10-22-13-6-4-12(17)5-7-13/h4-7,11,14H,2-3,8-10H2,1H3,(H,20,21). The van der Waals surface area contributed by atoms with E-state index in [9.17, 15) is 14.0 Å². The number of hydrogen-bond donors (Lipinski definition) is 1. The molecule has 0 aliphatic carbocycles. The Labute approximate surface area is 128 Å². The molecule has 6 heteroatoms. The summed E-state index contributed by atoms with van der Waals surface area (Å²) < 4.78 is 18.2. The van der Waals surface area contributed by atoms with Crippen LogP contribution in [0, 0.1) is 11.7 Å². The summed E-state index contributed by atoms with van der Waals surface area (Å²) in [4.78, 5) is 24.8. The monoisotopic (exact) mass is 309 g/mol. The number of carboxylic acids is 1. The highest BCUT2D eigenvalue weighted by molar-refractivity contribution is 5.79. The number of ether oxygens (including phenoxy) is 1. The van der Waals surface area contributed by atoms with Crippen molar-refractivity contribution < 1.29 is 23.8 Å². The lowest BCUT2D eigenvalue weighted by molar-refractivity contribution is -0.143. The summed E-state index contributed by atoms with van der Waals surface area (Å²) >= 11 is 0. The second kappa shape index (κ2) is 7.24. The Bertz CT molecular complexity index is 531. The molecule has 0 bridgehead atoms. The van der Waals surface area contributed by atoms with Gasteiger partial charge in [0.1, 0.15) is 11.6 Å². The second-order valence-corrected chi connectivity index (χ2v) is 5.47. The molecule has 120 valence electrons. The van der Waals surface area contributed by atoms with Crippen molar-refractivity contribution in [1.29, 1.82) is 0 Å². The first-order valence-corrected chi connectivity index (χ1v) is 7.39. The highest BCUT2D eigenvalue weighted by Crippen LogP contribution is 2.25. The maximum Gasteiger partial charge on any atom is 0.308 e. The predicted molar refractivity (Wildman–Crippen MR) is 78.0 cm³/mol. The lowest BCUT2D eigenvalue weighted by Crippen LogP contribution is -2.37. The van der Waals surface area contributed by atoms with Gasteiger partial charge in [-0.15, -0.1) is 0 Å². The van der Waals surface area contributed by atoms with Gasteiger partial charge in [0, 0.05) is 19.0 Å². The van der Waals surface area contributed by atoms with Gasteiger partial charge in [-0.2, -0.15) is 0 Å². The number of likely N-dealkylation sites (tertiary alicyclic amines) is 1. The first-order valence-electron chi connectivity index (χ1n) is 7.39. The smallest absolute Gasteiger partial charge is 0.308 e. The van der Waals surface area contributed by atoms with E-state index in [4.69, 9.17) is 9.84 Å². The van der Waals surface area contributed by atoms with Crippen molar-refractivity contribution in [2.75, 3.05) is 13.2 Å². The SMILES string of the molecule is CC1C(C(=O)O)CCN1C(=O)CCCOc1ccc(F)cc1. The molecular formula is C16H20FNO4. The number of carbonyl (C=O) groups is 2. The Hall–Kier alpha value is -2.11. The Morgan fingerprint density at radius 3 is 2.64 bits per heavy atom. The average Bonchev–Trinajstić information content (AvgIpc) is 2.87. The first kappa shape index (κ1) is 16.3. The van der Waals surface area contributed by atoms with Crippen molar-refractivity contribution in [2.45, 2.75) is 32.2 Å². The molecular weight excluding hydrogens is 289 g/mol. The zero-order valence-corrected chi connectivity index (χ0v) is 12.5. The quantitative estimate of drug-likeness (QED) is 0.819. The number of halogens is 1. The summed E-state index contributed by atoms with van der Waals surface area (Å²) in [5, 5.41) is 9.06. The van der Waals surface area contributed by atoms with Crippen LogP contribution in [0.3, 0.4) is 0 Å². The van der Waals surface area contributed by atoms with Crippen molar-refractivity contribution in [3.8, 4) is 5.75 Å². The minimum absolute atomic E-state index is 0.0426. The summed E-state index contributed by atoms with van der Waals surface area (Å²) in [6.45, 7) is 2.64. The largest absolute Gasteiger partial charge is 0.494 e. The van der Waals surface area contributed by atoms with E-state index in [1.165, 1.54) is 24.3 Å². The molecule has 1 N–H and O–H groups in total. The van der Waals surface area contributed by atoms with Crippen molar-refractivity contribution in [1.82, 2.24) is 4.90 Å². The zero-order chi connectivity index (χ0) is 16.1. The molecule has 0 radical (unpaired) electrons. The third kappa shape index (κ3) is 3.96. The molecule has 5 nitrogen and oxygen atoms in total. The number of carboxylic acid groups (broad SMARTS) is 1. The summed E-state index contributed by atoms with van der Waals surface area (Å²) in [5.74, 6) is -1.12. The summed E-state index contributed by atoms with van der Waals surface area (Å²) in [6, 6.07) is 5.45. The molecule has 1 fully saturated rings. The van der Waals surface area contributed by atoms with Crippen LogP contribution in [-0.2, 0) is 9.59 Å². The van der Waals surface area contributed by atoms with Gasteiger partial charge in [-0.05, 0) is 44.0 Å². The molecule has 22 heavy (non-hydrogen) atoms. The molecule has 1 aliphatic heterocycles. The zero-order valence-electron chi connectivity index (χ0n) is 12.5. The van der Waals surface area contributed by atoms with Gasteiger partial charge in [-0.25, -0.2) is 4.39 Å². The van der Waals surface area contributed by atoms with Gasteiger partial charge >= 0.3 is 5.97 Å². The fourth-order valence-electron chi connectivity index (χ4n) is 2.71. The number of amides is 1. The number of aliphatic carboxylic acids is 1. The number of rotatable bonds is 6. The minimum Gasteiger partial charge on any atom is -0.494 e. The molecule has 1 aliphatic rings. The van der Waals surface area contributed by atoms with E-state index >= 15 is 0 Å². The van der Waals surface area contributed by atoms with Gasteiger partial charge in [0.2, 0.25) is 5.91 Å². The van der Waals surface area contributed by atoms with Gasteiger partial charge < -0.3 is 14.7 Å². The van der Waals surface area contributed by atoms with Gasteiger partial charge in [0.05, 0.1) is 12.5 Å². The molecule has 1 saturated heterocycles. The Balaban J connectivity index is 1.72. The Morgan fingerprint density at radius 2 is 2.05 bits per heavy atom. The number of hydrogen-bond acceptors (Lipinski definition) is 3. The van der Waals surface area contributed by atoms with Crippen molar-refractivity contribution in [3.05, 3.63) is 30.1 Å². The van der Waals surface area contributed by atoms with Crippen LogP contribution in [0.15, 0.2) is 24.3 Å². The molecule has 2 unspecified atom stereocenters. The average molecular weight is 309 g/mol. The van der Waals surface area contributed by atoms with Crippen LogP contribution in [-0.4, -0.2) is 41.1 Å². The van der Waals surface area contributed by atoms with E-state index in [2.05, 4.69) is 0 Å². The van der Waals surface area contributed by atoms with E-state index in [1.807, 2.05) is 0 Å². The van der Waals surface area contributed by atoms with Gasteiger partial charge in [0.25, 0.3) is 0 Å². The Morgan fingerprint density at radius 1 is 1.36 bits per heavy atom. The van der Waals surface area contributed by atoms with E-state index < -0.39 is 11.9 Å². The topological polar surface area (TPSA) is 66.8 Å². The number of benzene rings is 1. The van der Waals surface area contributed by atoms with Crippen LogP contribution in [0.1, 0.15) is 26.2 Å². The van der Waals surface area contributed by atoms with Crippen LogP contribution >= 0.6 is 0 Å². The third-order valence-electron chi connectivity index (χ3n) is 4.01. The molecule has 0 saturated carbocycles. The third-order valence-corrected chi connectivity index (χ3v) is 4.01. The van der Waals surface area contributed by atoms with E-state index in [1.54, 1.807) is 11.8 Å². The van der Waals surface area contributed by atoms with E-state index in [0.29, 0.717) is 38.2 Å². The number of nitrogens with zero attached hydrogens (tertiary/aromatic N) is 1. The molecule has 0 aromatic heterocycles. The van der Waals surface area contributed by atoms with Crippen molar-refractivity contribution in [3.63, 3.8) is 0 Å². The predicted octanol–water partition coefficient (Wildman–Crippen LogP) is 2.31. The lowest BCUT2D eigenvalue weighted by atomic mass is 10.0. The highest BCUT2D eigenvalue weighted by Gasteiger charge is 2.37. The van der Waals surface area contributed by atoms with Gasteiger partial charge in [-0.1, -0.05) is 0 Å². The first-order chi connectivity index (χ1) is 10.5. The van der Waals surface area contributed by atoms with Crippen LogP contribution in [0.25, 0.3) is 0 Å². The molecule has 1 aromatic rings. The molecule has 2 rings (SSSR count). The fourth-order valence-corrected chi connectivity index (χ4v) is 2.71. The van der Waals surface area contributed by atoms with Crippen molar-refractivity contribution in [2.24, 2.45) is 5.92 Å². The van der Waals surface area contributed by atoms with E-state index in [0.717, 1.165) is 0 Å². The van der Waals surface area contributed by atoms with Gasteiger partial charge in [-0.3, -0.25) is 9.59 Å². The van der Waals surface area contributed by atoms with E-state index in [-0.39, 0.29) is 17.8 Å².